The van der Waals surface area contributed by atoms with Gasteiger partial charge in [-0.15, -0.1) is 0 Å². The van der Waals surface area contributed by atoms with E-state index in [1.54, 1.807) is 0 Å². The molecule has 1 unspecified atom stereocenters. The minimum Gasteiger partial charge on any atom is -0.492 e. The van der Waals surface area contributed by atoms with Crippen LogP contribution in [0.5, 0.6) is 5.75 Å². The lowest BCUT2D eigenvalue weighted by molar-refractivity contribution is 0.317. The van der Waals surface area contributed by atoms with E-state index < -0.39 is 0 Å². The number of ether oxygens (including phenoxy) is 1. The van der Waals surface area contributed by atoms with Gasteiger partial charge in [-0.3, -0.25) is 0 Å². The molecule has 0 heterocycles. The summed E-state index contributed by atoms with van der Waals surface area (Å²) in [4.78, 5) is 0. The summed E-state index contributed by atoms with van der Waals surface area (Å²) < 4.78 is 5.54. The Bertz CT molecular complexity index is 341. The summed E-state index contributed by atoms with van der Waals surface area (Å²) in [5, 5.41) is 4.14. The molecule has 2 nitrogen and oxygen atoms in total. The third kappa shape index (κ3) is 4.97. The van der Waals surface area contributed by atoms with Gasteiger partial charge in [0.25, 0.3) is 0 Å². The number of rotatable bonds is 7. The molecular weight excluding hydrogens is 234 g/mol. The highest BCUT2D eigenvalue weighted by Crippen LogP contribution is 2.25. The second-order valence-corrected chi connectivity index (χ2v) is 4.71. The van der Waals surface area contributed by atoms with Crippen LogP contribution in [0.3, 0.4) is 0 Å². The van der Waals surface area contributed by atoms with Gasteiger partial charge in [-0.25, -0.2) is 0 Å². The van der Waals surface area contributed by atoms with Gasteiger partial charge in [0.15, 0.2) is 0 Å². The van der Waals surface area contributed by atoms with E-state index in [0.717, 1.165) is 25.1 Å². The number of benzene rings is 1. The summed E-state index contributed by atoms with van der Waals surface area (Å²) in [5.41, 5.74) is 1.19. The van der Waals surface area contributed by atoms with Crippen molar-refractivity contribution in [3.63, 3.8) is 0 Å². The summed E-state index contributed by atoms with van der Waals surface area (Å²) in [5.74, 6) is 0.779. The zero-order chi connectivity index (χ0) is 12.7. The highest BCUT2D eigenvalue weighted by molar-refractivity contribution is 6.32. The van der Waals surface area contributed by atoms with E-state index in [1.165, 1.54) is 5.56 Å². The lowest BCUT2D eigenvalue weighted by Gasteiger charge is -2.12. The molecule has 1 aromatic carbocycles. The number of nitrogens with one attached hydrogen (secondary N) is 1. The van der Waals surface area contributed by atoms with Crippen molar-refractivity contribution in [3.8, 4) is 5.75 Å². The predicted molar refractivity (Wildman–Crippen MR) is 73.8 cm³/mol. The van der Waals surface area contributed by atoms with Crippen LogP contribution in [0, 0.1) is 0 Å². The molecule has 0 saturated heterocycles. The maximum atomic E-state index is 6.16. The smallest absolute Gasteiger partial charge is 0.137 e. The summed E-state index contributed by atoms with van der Waals surface area (Å²) in [7, 11) is 0. The maximum Gasteiger partial charge on any atom is 0.137 e. The van der Waals surface area contributed by atoms with E-state index >= 15 is 0 Å². The SMILES string of the molecule is CCCOc1ccc(CNC(C)CC)cc1Cl. The van der Waals surface area contributed by atoms with Crippen LogP contribution in [-0.2, 0) is 6.54 Å². The lowest BCUT2D eigenvalue weighted by Crippen LogP contribution is -2.24. The zero-order valence-electron chi connectivity index (χ0n) is 10.9. The Morgan fingerprint density at radius 2 is 2.12 bits per heavy atom. The van der Waals surface area contributed by atoms with Crippen LogP contribution in [0.2, 0.25) is 5.02 Å². The Labute approximate surface area is 109 Å². The van der Waals surface area contributed by atoms with Gasteiger partial charge in [-0.05, 0) is 37.5 Å². The fourth-order valence-electron chi connectivity index (χ4n) is 1.42. The van der Waals surface area contributed by atoms with Crippen molar-refractivity contribution in [2.24, 2.45) is 0 Å². The van der Waals surface area contributed by atoms with Crippen molar-refractivity contribution >= 4 is 11.6 Å². The van der Waals surface area contributed by atoms with E-state index in [1.807, 2.05) is 12.1 Å². The first-order valence-corrected chi connectivity index (χ1v) is 6.69. The van der Waals surface area contributed by atoms with Crippen LogP contribution in [-0.4, -0.2) is 12.6 Å². The maximum absolute atomic E-state index is 6.16. The zero-order valence-corrected chi connectivity index (χ0v) is 11.7. The number of hydrogen-bond acceptors (Lipinski definition) is 2. The van der Waals surface area contributed by atoms with Crippen molar-refractivity contribution in [2.75, 3.05) is 6.61 Å². The second kappa shape index (κ2) is 7.57. The van der Waals surface area contributed by atoms with Crippen LogP contribution < -0.4 is 10.1 Å². The molecule has 96 valence electrons. The highest BCUT2D eigenvalue weighted by Gasteiger charge is 2.04. The van der Waals surface area contributed by atoms with Gasteiger partial charge < -0.3 is 10.1 Å². The minimum absolute atomic E-state index is 0.532. The molecule has 1 N–H and O–H groups in total. The molecule has 3 heteroatoms. The molecule has 0 aliphatic carbocycles. The molecule has 0 aliphatic rings. The fraction of sp³-hybridized carbons (Fsp3) is 0.571. The monoisotopic (exact) mass is 255 g/mol. The Morgan fingerprint density at radius 1 is 1.35 bits per heavy atom. The van der Waals surface area contributed by atoms with Crippen molar-refractivity contribution in [3.05, 3.63) is 28.8 Å². The van der Waals surface area contributed by atoms with Crippen molar-refractivity contribution in [1.82, 2.24) is 5.32 Å². The molecule has 0 aromatic heterocycles. The Balaban J connectivity index is 2.55. The average molecular weight is 256 g/mol. The summed E-state index contributed by atoms with van der Waals surface area (Å²) in [6.45, 7) is 8.00. The Hall–Kier alpha value is -0.730. The predicted octanol–water partition coefficient (Wildman–Crippen LogP) is 4.02. The molecule has 1 atom stereocenters. The Kier molecular flexibility index (Phi) is 6.38. The average Bonchev–Trinajstić information content (AvgIpc) is 2.34. The first kappa shape index (κ1) is 14.3. The first-order chi connectivity index (χ1) is 8.17. The summed E-state index contributed by atoms with van der Waals surface area (Å²) in [6.07, 6.45) is 2.12. The van der Waals surface area contributed by atoms with Gasteiger partial charge in [0.05, 0.1) is 11.6 Å². The van der Waals surface area contributed by atoms with E-state index in [-0.39, 0.29) is 0 Å². The molecular formula is C14H22ClNO. The highest BCUT2D eigenvalue weighted by atomic mass is 35.5. The van der Waals surface area contributed by atoms with Gasteiger partial charge >= 0.3 is 0 Å². The first-order valence-electron chi connectivity index (χ1n) is 6.32. The van der Waals surface area contributed by atoms with Gasteiger partial charge in [-0.1, -0.05) is 31.5 Å². The molecule has 0 fully saturated rings. The van der Waals surface area contributed by atoms with E-state index in [0.29, 0.717) is 17.7 Å². The molecule has 17 heavy (non-hydrogen) atoms. The van der Waals surface area contributed by atoms with Crippen molar-refractivity contribution in [1.29, 1.82) is 0 Å². The van der Waals surface area contributed by atoms with Crippen LogP contribution in [0.4, 0.5) is 0 Å². The molecule has 0 amide bonds. The molecule has 0 aliphatic heterocycles. The number of halogens is 1. The van der Waals surface area contributed by atoms with Crippen LogP contribution in [0.15, 0.2) is 18.2 Å². The molecule has 0 saturated carbocycles. The molecule has 0 bridgehead atoms. The van der Waals surface area contributed by atoms with E-state index in [9.17, 15) is 0 Å². The second-order valence-electron chi connectivity index (χ2n) is 4.30. The quantitative estimate of drug-likeness (QED) is 0.795. The third-order valence-corrected chi connectivity index (χ3v) is 3.02. The molecule has 0 radical (unpaired) electrons. The van der Waals surface area contributed by atoms with Gasteiger partial charge in [0.1, 0.15) is 5.75 Å². The summed E-state index contributed by atoms with van der Waals surface area (Å²) >= 11 is 6.16. The van der Waals surface area contributed by atoms with Crippen molar-refractivity contribution < 1.29 is 4.74 Å². The van der Waals surface area contributed by atoms with Crippen LogP contribution >= 0.6 is 11.6 Å². The normalized spacial score (nSPS) is 12.5. The van der Waals surface area contributed by atoms with Gasteiger partial charge in [-0.2, -0.15) is 0 Å². The van der Waals surface area contributed by atoms with E-state index in [2.05, 4.69) is 32.2 Å². The fourth-order valence-corrected chi connectivity index (χ4v) is 1.68. The Morgan fingerprint density at radius 3 is 2.71 bits per heavy atom. The molecule has 1 rings (SSSR count). The van der Waals surface area contributed by atoms with Gasteiger partial charge in [0.2, 0.25) is 0 Å². The molecule has 1 aromatic rings. The standard InChI is InChI=1S/C14H22ClNO/c1-4-8-17-14-7-6-12(9-13(14)15)10-16-11(3)5-2/h6-7,9,11,16H,4-5,8,10H2,1-3H3. The number of hydrogen-bond donors (Lipinski definition) is 1. The van der Waals surface area contributed by atoms with Crippen molar-refractivity contribution in [2.45, 2.75) is 46.2 Å². The van der Waals surface area contributed by atoms with E-state index in [4.69, 9.17) is 16.3 Å². The van der Waals surface area contributed by atoms with Crippen LogP contribution in [0.25, 0.3) is 0 Å². The van der Waals surface area contributed by atoms with Crippen LogP contribution in [0.1, 0.15) is 39.2 Å². The minimum atomic E-state index is 0.532. The topological polar surface area (TPSA) is 21.3 Å². The third-order valence-electron chi connectivity index (χ3n) is 2.73. The van der Waals surface area contributed by atoms with Gasteiger partial charge in [0, 0.05) is 12.6 Å². The largest absolute Gasteiger partial charge is 0.492 e. The molecule has 0 spiro atoms. The summed E-state index contributed by atoms with van der Waals surface area (Å²) in [6, 6.07) is 6.52. The lowest BCUT2D eigenvalue weighted by atomic mass is 10.2.